The third-order valence-electron chi connectivity index (χ3n) is 2.26. The molecule has 1 aliphatic rings. The molecule has 0 bridgehead atoms. The van der Waals surface area contributed by atoms with Crippen molar-refractivity contribution in [1.29, 1.82) is 0 Å². The molecule has 1 fully saturated rings. The topological polar surface area (TPSA) is 97.2 Å². The molecule has 8 heteroatoms. The van der Waals surface area contributed by atoms with Crippen LogP contribution in [0.1, 0.15) is 12.8 Å². The molecular formula is C8H10N4O3S. The zero-order chi connectivity index (χ0) is 11.5. The van der Waals surface area contributed by atoms with Gasteiger partial charge in [0.1, 0.15) is 6.20 Å². The molecule has 1 aromatic rings. The monoisotopic (exact) mass is 242 g/mol. The van der Waals surface area contributed by atoms with Gasteiger partial charge in [-0.15, -0.1) is 0 Å². The molecule has 0 spiro atoms. The number of nitro groups is 1. The van der Waals surface area contributed by atoms with Gasteiger partial charge in [0.2, 0.25) is 5.91 Å². The third-order valence-corrected chi connectivity index (χ3v) is 3.16. The molecule has 86 valence electrons. The standard InChI is InChI=1S/C8H10N4O3S/c13-6-2-1-5(11-6)3-9-8-10-4-7(16-8)12(14)15/h4-5H,1-3H2,(H,9,10)(H,11,13). The number of rotatable bonds is 4. The number of carbonyl (C=O) groups excluding carboxylic acids is 1. The van der Waals surface area contributed by atoms with E-state index in [-0.39, 0.29) is 17.0 Å². The summed E-state index contributed by atoms with van der Waals surface area (Å²) in [7, 11) is 0. The molecule has 1 unspecified atom stereocenters. The van der Waals surface area contributed by atoms with E-state index in [1.54, 1.807) is 0 Å². The van der Waals surface area contributed by atoms with Crippen LogP contribution in [0.4, 0.5) is 10.1 Å². The van der Waals surface area contributed by atoms with Crippen LogP contribution in [0.5, 0.6) is 0 Å². The summed E-state index contributed by atoms with van der Waals surface area (Å²) >= 11 is 0.991. The van der Waals surface area contributed by atoms with E-state index in [1.807, 2.05) is 0 Å². The van der Waals surface area contributed by atoms with Crippen molar-refractivity contribution in [3.05, 3.63) is 16.3 Å². The summed E-state index contributed by atoms with van der Waals surface area (Å²) in [4.78, 5) is 24.7. The predicted octanol–water partition coefficient (Wildman–Crippen LogP) is 0.742. The minimum absolute atomic E-state index is 0.0120. The molecule has 1 amide bonds. The SMILES string of the molecule is O=C1CCC(CNc2ncc([N+](=O)[O-])s2)N1. The minimum atomic E-state index is -0.472. The van der Waals surface area contributed by atoms with Crippen LogP contribution in [-0.4, -0.2) is 28.4 Å². The molecule has 7 nitrogen and oxygen atoms in total. The summed E-state index contributed by atoms with van der Waals surface area (Å²) in [6.07, 6.45) is 2.56. The summed E-state index contributed by atoms with van der Waals surface area (Å²) in [6.45, 7) is 0.552. The first kappa shape index (κ1) is 10.8. The van der Waals surface area contributed by atoms with Gasteiger partial charge in [-0.2, -0.15) is 0 Å². The number of carbonyl (C=O) groups is 1. The Morgan fingerprint density at radius 1 is 1.75 bits per heavy atom. The van der Waals surface area contributed by atoms with Crippen LogP contribution in [0.2, 0.25) is 0 Å². The Morgan fingerprint density at radius 3 is 3.12 bits per heavy atom. The summed E-state index contributed by atoms with van der Waals surface area (Å²) in [6, 6.07) is 0.0930. The van der Waals surface area contributed by atoms with Gasteiger partial charge < -0.3 is 10.6 Å². The second-order valence-corrected chi connectivity index (χ2v) is 4.45. The Bertz CT molecular complexity index is 419. The number of nitrogens with one attached hydrogen (secondary N) is 2. The van der Waals surface area contributed by atoms with Crippen molar-refractivity contribution in [3.8, 4) is 0 Å². The van der Waals surface area contributed by atoms with Gasteiger partial charge >= 0.3 is 5.00 Å². The Balaban J connectivity index is 1.85. The summed E-state index contributed by atoms with van der Waals surface area (Å²) in [5, 5.41) is 16.7. The van der Waals surface area contributed by atoms with Gasteiger partial charge in [0.05, 0.1) is 4.92 Å². The van der Waals surface area contributed by atoms with Crippen LogP contribution < -0.4 is 10.6 Å². The average molecular weight is 242 g/mol. The van der Waals surface area contributed by atoms with E-state index in [0.717, 1.165) is 17.8 Å². The van der Waals surface area contributed by atoms with Crippen LogP contribution >= 0.6 is 11.3 Å². The molecule has 2 rings (SSSR count). The average Bonchev–Trinajstić information content (AvgIpc) is 2.83. The van der Waals surface area contributed by atoms with Gasteiger partial charge in [0, 0.05) is 19.0 Å². The lowest BCUT2D eigenvalue weighted by molar-refractivity contribution is -0.380. The Hall–Kier alpha value is -1.70. The van der Waals surface area contributed by atoms with Crippen molar-refractivity contribution in [1.82, 2.24) is 10.3 Å². The first-order valence-electron chi connectivity index (χ1n) is 4.78. The predicted molar refractivity (Wildman–Crippen MR) is 58.4 cm³/mol. The highest BCUT2D eigenvalue weighted by molar-refractivity contribution is 7.18. The molecule has 16 heavy (non-hydrogen) atoms. The first-order valence-corrected chi connectivity index (χ1v) is 5.60. The van der Waals surface area contributed by atoms with Crippen LogP contribution in [-0.2, 0) is 4.79 Å². The molecule has 0 aliphatic carbocycles. The van der Waals surface area contributed by atoms with Gasteiger partial charge in [0.15, 0.2) is 5.13 Å². The van der Waals surface area contributed by atoms with Crippen LogP contribution in [0, 0.1) is 10.1 Å². The van der Waals surface area contributed by atoms with Crippen molar-refractivity contribution in [2.45, 2.75) is 18.9 Å². The summed E-state index contributed by atoms with van der Waals surface area (Å²) in [5.74, 6) is 0.0527. The second kappa shape index (κ2) is 4.44. The maximum absolute atomic E-state index is 10.9. The fraction of sp³-hybridized carbons (Fsp3) is 0.500. The highest BCUT2D eigenvalue weighted by atomic mass is 32.1. The van der Waals surface area contributed by atoms with Gasteiger partial charge in [-0.25, -0.2) is 4.98 Å². The van der Waals surface area contributed by atoms with Crippen molar-refractivity contribution in [3.63, 3.8) is 0 Å². The Labute approximate surface area is 95.0 Å². The van der Waals surface area contributed by atoms with E-state index in [0.29, 0.717) is 18.1 Å². The van der Waals surface area contributed by atoms with Gasteiger partial charge in [-0.05, 0) is 17.8 Å². The number of thiazole rings is 1. The van der Waals surface area contributed by atoms with E-state index < -0.39 is 4.92 Å². The zero-order valence-electron chi connectivity index (χ0n) is 8.30. The Morgan fingerprint density at radius 2 is 2.56 bits per heavy atom. The minimum Gasteiger partial charge on any atom is -0.359 e. The lowest BCUT2D eigenvalue weighted by atomic mass is 10.2. The smallest absolute Gasteiger partial charge is 0.345 e. The zero-order valence-corrected chi connectivity index (χ0v) is 9.12. The molecule has 2 N–H and O–H groups in total. The van der Waals surface area contributed by atoms with E-state index in [1.165, 1.54) is 6.20 Å². The molecule has 1 atom stereocenters. The number of hydrogen-bond acceptors (Lipinski definition) is 6. The first-order chi connectivity index (χ1) is 7.65. The second-order valence-electron chi connectivity index (χ2n) is 3.44. The number of aromatic nitrogens is 1. The van der Waals surface area contributed by atoms with Crippen LogP contribution in [0.15, 0.2) is 6.20 Å². The van der Waals surface area contributed by atoms with Crippen molar-refractivity contribution >= 4 is 27.4 Å². The van der Waals surface area contributed by atoms with E-state index in [4.69, 9.17) is 0 Å². The quantitative estimate of drug-likeness (QED) is 0.599. The van der Waals surface area contributed by atoms with Crippen LogP contribution in [0.3, 0.4) is 0 Å². The highest BCUT2D eigenvalue weighted by Gasteiger charge is 2.20. The van der Waals surface area contributed by atoms with Crippen molar-refractivity contribution in [2.24, 2.45) is 0 Å². The third kappa shape index (κ3) is 2.45. The summed E-state index contributed by atoms with van der Waals surface area (Å²) in [5.41, 5.74) is 0. The molecule has 0 radical (unpaired) electrons. The van der Waals surface area contributed by atoms with Gasteiger partial charge in [-0.1, -0.05) is 0 Å². The molecule has 0 aromatic carbocycles. The number of hydrogen-bond donors (Lipinski definition) is 2. The fourth-order valence-corrected chi connectivity index (χ4v) is 2.11. The van der Waals surface area contributed by atoms with Gasteiger partial charge in [-0.3, -0.25) is 14.9 Å². The molecule has 2 heterocycles. The molecule has 1 aliphatic heterocycles. The van der Waals surface area contributed by atoms with E-state index >= 15 is 0 Å². The van der Waals surface area contributed by atoms with E-state index in [9.17, 15) is 14.9 Å². The van der Waals surface area contributed by atoms with Crippen molar-refractivity contribution < 1.29 is 9.72 Å². The fourth-order valence-electron chi connectivity index (χ4n) is 1.47. The maximum atomic E-state index is 10.9. The summed E-state index contributed by atoms with van der Waals surface area (Å²) < 4.78 is 0. The normalized spacial score (nSPS) is 19.5. The number of nitrogens with zero attached hydrogens (tertiary/aromatic N) is 2. The largest absolute Gasteiger partial charge is 0.359 e. The molecule has 1 aromatic heterocycles. The van der Waals surface area contributed by atoms with E-state index in [2.05, 4.69) is 15.6 Å². The van der Waals surface area contributed by atoms with Crippen molar-refractivity contribution in [2.75, 3.05) is 11.9 Å². The highest BCUT2D eigenvalue weighted by Crippen LogP contribution is 2.24. The molecule has 0 saturated carbocycles. The van der Waals surface area contributed by atoms with Gasteiger partial charge in [0.25, 0.3) is 0 Å². The van der Waals surface area contributed by atoms with Crippen LogP contribution in [0.25, 0.3) is 0 Å². The number of amides is 1. The maximum Gasteiger partial charge on any atom is 0.345 e. The lowest BCUT2D eigenvalue weighted by Gasteiger charge is -2.09. The molecular weight excluding hydrogens is 232 g/mol. The Kier molecular flexibility index (Phi) is 3.00. The lowest BCUT2D eigenvalue weighted by Crippen LogP contribution is -2.31. The molecule has 1 saturated heterocycles. The number of anilines is 1.